The smallest absolute Gasteiger partial charge is 0.251 e. The van der Waals surface area contributed by atoms with Crippen LogP contribution in [0.5, 0.6) is 0 Å². The Labute approximate surface area is 95.3 Å². The highest BCUT2D eigenvalue weighted by Crippen LogP contribution is 2.21. The number of nitrogens with zero attached hydrogens (tertiary/aromatic N) is 2. The number of carbonyl (C=O) groups is 1. The quantitative estimate of drug-likeness (QED) is 0.548. The van der Waals surface area contributed by atoms with Crippen molar-refractivity contribution in [3.63, 3.8) is 0 Å². The molecule has 0 spiro atoms. The van der Waals surface area contributed by atoms with Crippen molar-refractivity contribution in [2.75, 3.05) is 12.3 Å². The van der Waals surface area contributed by atoms with E-state index in [1.54, 1.807) is 6.92 Å². The standard InChI is InChI=1S/C9H15N3O3S/c1-2-6-16(14,15)12-5-3-4-8(12)9(13)11-7-10/h8H,2-6H2,1H3,(H,11,13). The van der Waals surface area contributed by atoms with Crippen LogP contribution in [0.2, 0.25) is 0 Å². The fourth-order valence-corrected chi connectivity index (χ4v) is 3.60. The summed E-state index contributed by atoms with van der Waals surface area (Å²) in [6, 6.07) is -0.712. The van der Waals surface area contributed by atoms with Gasteiger partial charge in [-0.1, -0.05) is 6.92 Å². The average molecular weight is 245 g/mol. The van der Waals surface area contributed by atoms with Gasteiger partial charge in [0.1, 0.15) is 6.04 Å². The van der Waals surface area contributed by atoms with Crippen LogP contribution < -0.4 is 5.32 Å². The minimum absolute atomic E-state index is 0.0450. The predicted octanol–water partition coefficient (Wildman–Crippen LogP) is -0.212. The Hall–Kier alpha value is -1.13. The maximum absolute atomic E-state index is 11.8. The van der Waals surface area contributed by atoms with Crippen LogP contribution in [0, 0.1) is 11.5 Å². The summed E-state index contributed by atoms with van der Waals surface area (Å²) >= 11 is 0. The zero-order valence-corrected chi connectivity index (χ0v) is 9.96. The lowest BCUT2D eigenvalue weighted by molar-refractivity contribution is -0.123. The van der Waals surface area contributed by atoms with Gasteiger partial charge in [0.2, 0.25) is 10.0 Å². The molecule has 1 N–H and O–H groups in total. The Balaban J connectivity index is 2.81. The van der Waals surface area contributed by atoms with E-state index in [9.17, 15) is 13.2 Å². The largest absolute Gasteiger partial charge is 0.272 e. The van der Waals surface area contributed by atoms with Crippen molar-refractivity contribution >= 4 is 15.9 Å². The first-order valence-electron chi connectivity index (χ1n) is 5.21. The highest BCUT2D eigenvalue weighted by atomic mass is 32.2. The van der Waals surface area contributed by atoms with E-state index in [0.29, 0.717) is 25.8 Å². The summed E-state index contributed by atoms with van der Waals surface area (Å²) in [6.07, 6.45) is 3.19. The summed E-state index contributed by atoms with van der Waals surface area (Å²) in [5, 5.41) is 10.3. The van der Waals surface area contributed by atoms with Crippen LogP contribution in [-0.2, 0) is 14.8 Å². The first kappa shape index (κ1) is 12.9. The van der Waals surface area contributed by atoms with Crippen LogP contribution in [-0.4, -0.2) is 37.0 Å². The molecule has 1 atom stereocenters. The molecule has 0 aromatic heterocycles. The molecular formula is C9H15N3O3S. The third-order valence-electron chi connectivity index (χ3n) is 2.50. The van der Waals surface area contributed by atoms with Crippen molar-refractivity contribution in [1.29, 1.82) is 5.26 Å². The van der Waals surface area contributed by atoms with Crippen LogP contribution in [0.25, 0.3) is 0 Å². The maximum atomic E-state index is 11.8. The first-order valence-corrected chi connectivity index (χ1v) is 6.82. The Morgan fingerprint density at radius 2 is 2.31 bits per heavy atom. The fraction of sp³-hybridized carbons (Fsp3) is 0.778. The van der Waals surface area contributed by atoms with Crippen molar-refractivity contribution in [1.82, 2.24) is 9.62 Å². The van der Waals surface area contributed by atoms with Crippen LogP contribution in [0.4, 0.5) is 0 Å². The van der Waals surface area contributed by atoms with Crippen molar-refractivity contribution in [3.8, 4) is 6.19 Å². The summed E-state index contributed by atoms with van der Waals surface area (Å²) in [5.74, 6) is -0.483. The van der Waals surface area contributed by atoms with E-state index in [-0.39, 0.29) is 5.75 Å². The highest BCUT2D eigenvalue weighted by molar-refractivity contribution is 7.89. The minimum Gasteiger partial charge on any atom is -0.272 e. The molecule has 6 nitrogen and oxygen atoms in total. The van der Waals surface area contributed by atoms with Gasteiger partial charge in [-0.2, -0.15) is 9.57 Å². The molecule has 1 aliphatic heterocycles. The lowest BCUT2D eigenvalue weighted by atomic mass is 10.2. The van der Waals surface area contributed by atoms with Crippen LogP contribution in [0.1, 0.15) is 26.2 Å². The Morgan fingerprint density at radius 3 is 2.88 bits per heavy atom. The second kappa shape index (κ2) is 5.27. The normalized spacial score (nSPS) is 21.6. The third kappa shape index (κ3) is 2.71. The zero-order valence-electron chi connectivity index (χ0n) is 9.14. The summed E-state index contributed by atoms with van der Waals surface area (Å²) in [5.41, 5.74) is 0. The van der Waals surface area contributed by atoms with E-state index >= 15 is 0 Å². The van der Waals surface area contributed by atoms with Gasteiger partial charge in [0.15, 0.2) is 6.19 Å². The Kier molecular flexibility index (Phi) is 4.26. The van der Waals surface area contributed by atoms with Crippen LogP contribution in [0.3, 0.4) is 0 Å². The molecule has 1 amide bonds. The van der Waals surface area contributed by atoms with E-state index in [1.165, 1.54) is 10.5 Å². The third-order valence-corrected chi connectivity index (χ3v) is 4.58. The summed E-state index contributed by atoms with van der Waals surface area (Å²) in [6.45, 7) is 2.14. The predicted molar refractivity (Wildman–Crippen MR) is 57.6 cm³/mol. The monoisotopic (exact) mass is 245 g/mol. The zero-order chi connectivity index (χ0) is 12.2. The molecule has 1 heterocycles. The fourth-order valence-electron chi connectivity index (χ4n) is 1.85. The Morgan fingerprint density at radius 1 is 1.62 bits per heavy atom. The molecule has 0 radical (unpaired) electrons. The molecule has 0 aliphatic carbocycles. The minimum atomic E-state index is -3.36. The Bertz CT molecular complexity index is 399. The van der Waals surface area contributed by atoms with Gasteiger partial charge in [-0.25, -0.2) is 8.42 Å². The highest BCUT2D eigenvalue weighted by Gasteiger charge is 2.37. The summed E-state index contributed by atoms with van der Waals surface area (Å²) < 4.78 is 24.8. The number of sulfonamides is 1. The van der Waals surface area contributed by atoms with E-state index in [4.69, 9.17) is 5.26 Å². The number of nitriles is 1. The topological polar surface area (TPSA) is 90.3 Å². The second-order valence-electron chi connectivity index (χ2n) is 3.69. The van der Waals surface area contributed by atoms with Gasteiger partial charge in [0, 0.05) is 6.54 Å². The molecule has 1 fully saturated rings. The molecule has 1 rings (SSSR count). The van der Waals surface area contributed by atoms with Crippen LogP contribution in [0.15, 0.2) is 0 Å². The lowest BCUT2D eigenvalue weighted by Gasteiger charge is -2.21. The number of hydrogen-bond donors (Lipinski definition) is 1. The van der Waals surface area contributed by atoms with Crippen molar-refractivity contribution in [3.05, 3.63) is 0 Å². The number of hydrogen-bond acceptors (Lipinski definition) is 4. The van der Waals surface area contributed by atoms with Gasteiger partial charge in [-0.05, 0) is 19.3 Å². The summed E-state index contributed by atoms with van der Waals surface area (Å²) in [4.78, 5) is 11.5. The van der Waals surface area contributed by atoms with Gasteiger partial charge < -0.3 is 0 Å². The number of nitrogens with one attached hydrogen (secondary N) is 1. The summed E-state index contributed by atoms with van der Waals surface area (Å²) in [7, 11) is -3.36. The molecule has 16 heavy (non-hydrogen) atoms. The van der Waals surface area contributed by atoms with Gasteiger partial charge in [-0.15, -0.1) is 0 Å². The van der Waals surface area contributed by atoms with E-state index < -0.39 is 22.0 Å². The number of amides is 1. The molecule has 7 heteroatoms. The molecule has 1 unspecified atom stereocenters. The van der Waals surface area contributed by atoms with Gasteiger partial charge in [0.05, 0.1) is 5.75 Å². The van der Waals surface area contributed by atoms with Gasteiger partial charge in [0.25, 0.3) is 5.91 Å². The molecule has 1 saturated heterocycles. The lowest BCUT2D eigenvalue weighted by Crippen LogP contribution is -2.45. The van der Waals surface area contributed by atoms with Gasteiger partial charge >= 0.3 is 0 Å². The maximum Gasteiger partial charge on any atom is 0.251 e. The second-order valence-corrected chi connectivity index (χ2v) is 5.73. The molecule has 0 aromatic carbocycles. The molecule has 0 aromatic rings. The molecule has 0 saturated carbocycles. The first-order chi connectivity index (χ1) is 7.53. The number of carbonyl (C=O) groups excluding carboxylic acids is 1. The van der Waals surface area contributed by atoms with Crippen molar-refractivity contribution in [2.24, 2.45) is 0 Å². The van der Waals surface area contributed by atoms with E-state index in [1.807, 2.05) is 5.32 Å². The van der Waals surface area contributed by atoms with Crippen LogP contribution >= 0.6 is 0 Å². The molecule has 1 aliphatic rings. The van der Waals surface area contributed by atoms with Crippen molar-refractivity contribution < 1.29 is 13.2 Å². The average Bonchev–Trinajstić information content (AvgIpc) is 2.66. The van der Waals surface area contributed by atoms with Gasteiger partial charge in [-0.3, -0.25) is 10.1 Å². The SMILES string of the molecule is CCCS(=O)(=O)N1CCCC1C(=O)NC#N. The number of rotatable bonds is 4. The molecule has 0 bridgehead atoms. The van der Waals surface area contributed by atoms with Crippen molar-refractivity contribution in [2.45, 2.75) is 32.2 Å². The van der Waals surface area contributed by atoms with E-state index in [0.717, 1.165) is 0 Å². The van der Waals surface area contributed by atoms with E-state index in [2.05, 4.69) is 0 Å². The molecular weight excluding hydrogens is 230 g/mol. The molecule has 90 valence electrons.